The van der Waals surface area contributed by atoms with E-state index < -0.39 is 11.8 Å². The molecule has 0 saturated carbocycles. The first-order valence-electron chi connectivity index (χ1n) is 8.13. The molecule has 25 heavy (non-hydrogen) atoms. The quantitative estimate of drug-likeness (QED) is 0.360. The summed E-state index contributed by atoms with van der Waals surface area (Å²) in [6.45, 7) is 2.63. The third-order valence-electron chi connectivity index (χ3n) is 4.08. The predicted octanol–water partition coefficient (Wildman–Crippen LogP) is -0.493. The van der Waals surface area contributed by atoms with Gasteiger partial charge < -0.3 is 16.4 Å². The van der Waals surface area contributed by atoms with E-state index in [9.17, 15) is 19.6 Å². The number of thiazole rings is 1. The Hall–Kier alpha value is -2.04. The number of hydrogen-bond donors (Lipinski definition) is 4. The van der Waals surface area contributed by atoms with Crippen LogP contribution in [0.4, 0.5) is 0 Å². The van der Waals surface area contributed by atoms with Crippen LogP contribution >= 0.6 is 11.3 Å². The van der Waals surface area contributed by atoms with E-state index in [0.717, 1.165) is 13.0 Å². The van der Waals surface area contributed by atoms with Gasteiger partial charge in [0.25, 0.3) is 11.8 Å². The second kappa shape index (κ2) is 8.88. The number of primary amides is 1. The number of aromatic nitrogens is 1. The molecule has 10 heteroatoms. The first-order valence-corrected chi connectivity index (χ1v) is 9.01. The van der Waals surface area contributed by atoms with Gasteiger partial charge in [0.05, 0.1) is 17.6 Å². The van der Waals surface area contributed by atoms with Crippen molar-refractivity contribution in [1.82, 2.24) is 20.7 Å². The fraction of sp³-hybridized carbons (Fsp3) is 0.600. The number of hydroxylamine groups is 2. The Morgan fingerprint density at radius 3 is 2.88 bits per heavy atom. The van der Waals surface area contributed by atoms with Gasteiger partial charge in [-0.15, -0.1) is 11.3 Å². The van der Waals surface area contributed by atoms with E-state index in [4.69, 9.17) is 5.73 Å². The van der Waals surface area contributed by atoms with Gasteiger partial charge in [-0.25, -0.2) is 10.0 Å². The van der Waals surface area contributed by atoms with Crippen LogP contribution in [0.3, 0.4) is 0 Å². The molecule has 2 heterocycles. The van der Waals surface area contributed by atoms with Crippen LogP contribution in [-0.4, -0.2) is 58.7 Å². The van der Waals surface area contributed by atoms with E-state index in [1.807, 2.05) is 6.92 Å². The molecule has 138 valence electrons. The fourth-order valence-corrected chi connectivity index (χ4v) is 3.42. The number of carbonyl (C=O) groups excluding carboxylic acids is 3. The van der Waals surface area contributed by atoms with Crippen LogP contribution in [0, 0.1) is 5.92 Å². The summed E-state index contributed by atoms with van der Waals surface area (Å²) in [4.78, 5) is 38.8. The number of amides is 3. The number of nitrogens with one attached hydrogen (secondary N) is 2. The third kappa shape index (κ3) is 5.48. The van der Waals surface area contributed by atoms with E-state index in [-0.39, 0.29) is 36.7 Å². The zero-order valence-corrected chi connectivity index (χ0v) is 14.8. The van der Waals surface area contributed by atoms with Crippen LogP contribution in [-0.2, 0) is 16.0 Å². The summed E-state index contributed by atoms with van der Waals surface area (Å²) >= 11 is 1.31. The van der Waals surface area contributed by atoms with Crippen molar-refractivity contribution in [2.45, 2.75) is 32.2 Å². The van der Waals surface area contributed by atoms with E-state index in [1.54, 1.807) is 5.38 Å². The van der Waals surface area contributed by atoms with Crippen molar-refractivity contribution >= 4 is 29.1 Å². The van der Waals surface area contributed by atoms with Gasteiger partial charge in [0, 0.05) is 18.3 Å². The molecule has 1 fully saturated rings. The lowest BCUT2D eigenvalue weighted by Crippen LogP contribution is -2.47. The maximum Gasteiger partial charge on any atom is 0.268 e. The molecule has 1 aromatic rings. The first-order chi connectivity index (χ1) is 11.9. The molecule has 0 spiro atoms. The zero-order valence-electron chi connectivity index (χ0n) is 14.0. The Labute approximate surface area is 149 Å². The van der Waals surface area contributed by atoms with Gasteiger partial charge in [0.1, 0.15) is 5.69 Å². The predicted molar refractivity (Wildman–Crippen MR) is 91.0 cm³/mol. The summed E-state index contributed by atoms with van der Waals surface area (Å²) in [5, 5.41) is 18.3. The van der Waals surface area contributed by atoms with Crippen LogP contribution in [0.5, 0.6) is 0 Å². The second-order valence-electron chi connectivity index (χ2n) is 6.03. The van der Waals surface area contributed by atoms with Gasteiger partial charge in [-0.05, 0) is 25.3 Å². The first kappa shape index (κ1) is 19.3. The van der Waals surface area contributed by atoms with Crippen molar-refractivity contribution in [2.24, 2.45) is 11.7 Å². The zero-order chi connectivity index (χ0) is 18.4. The number of aryl methyl sites for hydroxylation is 1. The number of rotatable bonds is 8. The number of hydrogen-bond acceptors (Lipinski definition) is 7. The van der Waals surface area contributed by atoms with Crippen molar-refractivity contribution in [3.8, 4) is 0 Å². The maximum absolute atomic E-state index is 12.0. The summed E-state index contributed by atoms with van der Waals surface area (Å²) in [6, 6.07) is -0.288. The molecule has 0 bridgehead atoms. The molecule has 2 unspecified atom stereocenters. The molecule has 5 N–H and O–H groups in total. The van der Waals surface area contributed by atoms with E-state index >= 15 is 0 Å². The highest BCUT2D eigenvalue weighted by molar-refractivity contribution is 7.09. The minimum atomic E-state index is -0.580. The average Bonchev–Trinajstić information content (AvgIpc) is 3.21. The van der Waals surface area contributed by atoms with Crippen molar-refractivity contribution in [2.75, 3.05) is 19.6 Å². The molecular formula is C15H23N5O4S. The number of nitrogens with two attached hydrogens (primary N) is 1. The summed E-state index contributed by atoms with van der Waals surface area (Å²) in [5.74, 6) is -1.16. The van der Waals surface area contributed by atoms with Crippen molar-refractivity contribution in [1.29, 1.82) is 0 Å². The van der Waals surface area contributed by atoms with Crippen LogP contribution in [0.2, 0.25) is 0 Å². The highest BCUT2D eigenvalue weighted by atomic mass is 32.1. The summed E-state index contributed by atoms with van der Waals surface area (Å²) in [5.41, 5.74) is 5.35. The lowest BCUT2D eigenvalue weighted by molar-refractivity contribution is -0.164. The van der Waals surface area contributed by atoms with Crippen molar-refractivity contribution in [3.05, 3.63) is 16.1 Å². The molecule has 9 nitrogen and oxygen atoms in total. The van der Waals surface area contributed by atoms with Gasteiger partial charge in [-0.2, -0.15) is 0 Å². The fourth-order valence-electron chi connectivity index (χ4n) is 2.59. The van der Waals surface area contributed by atoms with E-state index in [2.05, 4.69) is 15.6 Å². The standard InChI is InChI=1S/C15H23N5O4S/c1-9-4-5-17-13(9)15(23)18-7-12(21)20(24)6-2-3-11-19-10(8-25-11)14(16)22/h8-9,13,17,24H,2-7H2,1H3,(H2,16,22)(H,18,23). The molecule has 2 rings (SSSR count). The minimum absolute atomic E-state index is 0.109. The SMILES string of the molecule is CC1CCNC1C(=O)NCC(=O)N(O)CCCc1nc(C(N)=O)cs1. The Kier molecular flexibility index (Phi) is 6.85. The Morgan fingerprint density at radius 1 is 1.52 bits per heavy atom. The topological polar surface area (TPSA) is 138 Å². The molecule has 0 aromatic carbocycles. The molecule has 1 aliphatic rings. The van der Waals surface area contributed by atoms with Gasteiger partial charge >= 0.3 is 0 Å². The summed E-state index contributed by atoms with van der Waals surface area (Å²) in [7, 11) is 0. The Bertz CT molecular complexity index is 635. The van der Waals surface area contributed by atoms with Crippen LogP contribution in [0.15, 0.2) is 5.38 Å². The van der Waals surface area contributed by atoms with E-state index in [1.165, 1.54) is 11.3 Å². The largest absolute Gasteiger partial charge is 0.364 e. The van der Waals surface area contributed by atoms with Crippen LogP contribution in [0.25, 0.3) is 0 Å². The lowest BCUT2D eigenvalue weighted by atomic mass is 10.0. The molecular weight excluding hydrogens is 346 g/mol. The Morgan fingerprint density at radius 2 is 2.28 bits per heavy atom. The summed E-state index contributed by atoms with van der Waals surface area (Å²) < 4.78 is 0. The summed E-state index contributed by atoms with van der Waals surface area (Å²) in [6.07, 6.45) is 1.91. The minimum Gasteiger partial charge on any atom is -0.364 e. The maximum atomic E-state index is 12.0. The highest BCUT2D eigenvalue weighted by Crippen LogP contribution is 2.14. The van der Waals surface area contributed by atoms with Crippen molar-refractivity contribution in [3.63, 3.8) is 0 Å². The number of nitrogens with zero attached hydrogens (tertiary/aromatic N) is 2. The monoisotopic (exact) mass is 369 g/mol. The van der Waals surface area contributed by atoms with Crippen LogP contribution < -0.4 is 16.4 Å². The van der Waals surface area contributed by atoms with Crippen molar-refractivity contribution < 1.29 is 19.6 Å². The van der Waals surface area contributed by atoms with Crippen LogP contribution in [0.1, 0.15) is 35.3 Å². The molecule has 1 saturated heterocycles. The average molecular weight is 369 g/mol. The third-order valence-corrected chi connectivity index (χ3v) is 4.99. The Balaban J connectivity index is 1.67. The smallest absolute Gasteiger partial charge is 0.268 e. The lowest BCUT2D eigenvalue weighted by Gasteiger charge is -2.18. The molecule has 2 atom stereocenters. The number of carbonyl (C=O) groups is 3. The molecule has 1 aromatic heterocycles. The molecule has 3 amide bonds. The van der Waals surface area contributed by atoms with Gasteiger partial charge in [0.15, 0.2) is 0 Å². The molecule has 0 aliphatic carbocycles. The van der Waals surface area contributed by atoms with E-state index in [0.29, 0.717) is 22.9 Å². The normalized spacial score (nSPS) is 19.6. The highest BCUT2D eigenvalue weighted by Gasteiger charge is 2.29. The molecule has 1 aliphatic heterocycles. The van der Waals surface area contributed by atoms with Gasteiger partial charge in [0.2, 0.25) is 5.91 Å². The van der Waals surface area contributed by atoms with Gasteiger partial charge in [-0.1, -0.05) is 6.92 Å². The van der Waals surface area contributed by atoms with Gasteiger partial charge in [-0.3, -0.25) is 19.6 Å². The molecule has 0 radical (unpaired) electrons. The second-order valence-corrected chi connectivity index (χ2v) is 6.97.